The van der Waals surface area contributed by atoms with Gasteiger partial charge in [0.15, 0.2) is 0 Å². The van der Waals surface area contributed by atoms with Crippen molar-refractivity contribution in [3.05, 3.63) is 14.4 Å². The van der Waals surface area contributed by atoms with Crippen molar-refractivity contribution in [1.82, 2.24) is 0 Å². The second kappa shape index (κ2) is 10.0. The Kier molecular flexibility index (Phi) is 13.4. The first kappa shape index (κ1) is 18.7. The number of nitrogens with zero attached hydrogens (tertiary/aromatic N) is 1. The fourth-order valence-electron chi connectivity index (χ4n) is 2.09. The van der Waals surface area contributed by atoms with Crippen LogP contribution in [0.15, 0.2) is 0 Å². The summed E-state index contributed by atoms with van der Waals surface area (Å²) in [5.41, 5.74) is 0. The molecule has 0 saturated carbocycles. The Labute approximate surface area is 85.7 Å². The van der Waals surface area contributed by atoms with Crippen molar-refractivity contribution in [3.63, 3.8) is 0 Å². The number of hydrogen-bond acceptors (Lipinski definition) is 0. The van der Waals surface area contributed by atoms with Gasteiger partial charge in [0, 0.05) is 0 Å². The van der Waals surface area contributed by atoms with Gasteiger partial charge in [-0.05, 0) is 25.8 Å². The maximum absolute atomic E-state index is 4.09. The van der Waals surface area contributed by atoms with E-state index < -0.39 is 0 Å². The molecule has 0 N–H and O–H groups in total. The van der Waals surface area contributed by atoms with Crippen LogP contribution in [0.4, 0.5) is 0 Å². The molecule has 0 heterocycles. The van der Waals surface area contributed by atoms with E-state index in [4.69, 9.17) is 0 Å². The zero-order valence-electron chi connectivity index (χ0n) is 10.8. The molecule has 0 atom stereocenters. The first-order chi connectivity index (χ1) is 5.74. The summed E-state index contributed by atoms with van der Waals surface area (Å²) >= 11 is 0. The van der Waals surface area contributed by atoms with E-state index in [1.54, 1.807) is 0 Å². The Morgan fingerprint density at radius 2 is 1.14 bits per heavy atom. The van der Waals surface area contributed by atoms with E-state index >= 15 is 0 Å². The van der Waals surface area contributed by atoms with Gasteiger partial charge in [0.05, 0.1) is 19.6 Å². The molecule has 0 bridgehead atoms. The van der Waals surface area contributed by atoms with Crippen molar-refractivity contribution in [2.75, 3.05) is 26.2 Å². The van der Waals surface area contributed by atoms with Crippen molar-refractivity contribution < 1.29 is 4.48 Å². The maximum Gasteiger partial charge on any atom is 0.0763 e. The van der Waals surface area contributed by atoms with Crippen molar-refractivity contribution in [3.8, 4) is 0 Å². The molecule has 2 heteroatoms. The zero-order chi connectivity index (χ0) is 9.45. The summed E-state index contributed by atoms with van der Waals surface area (Å²) in [6.07, 6.45) is 3.86. The van der Waals surface area contributed by atoms with Crippen LogP contribution in [0.25, 0.3) is 0 Å². The minimum Gasteiger partial charge on any atom is -0.358 e. The summed E-state index contributed by atoms with van der Waals surface area (Å²) in [6.45, 7) is 15.9. The largest absolute Gasteiger partial charge is 0.358 e. The average molecular weight is 453 g/mol. The standard InChI is InChI=1S/C11H25N.CH3.Rf/c1-5-9-12(8-4,10-6-2)11-7-3;;/h4-11H2,1-3H3;1H3;/q;-1;. The Balaban J connectivity index is -0.000000605. The fourth-order valence-corrected chi connectivity index (χ4v) is 2.09. The zero-order valence-corrected chi connectivity index (χ0v) is 17.2. The molecule has 0 rings (SSSR count). The Bertz CT molecular complexity index is 87.5. The third kappa shape index (κ3) is 5.58. The smallest absolute Gasteiger partial charge is 0.0763 e. The molecule has 0 aromatic rings. The molecule has 0 fully saturated rings. The van der Waals surface area contributed by atoms with Gasteiger partial charge >= 0.3 is 0 Å². The molecule has 0 aromatic carbocycles. The van der Waals surface area contributed by atoms with Gasteiger partial charge in [-0.25, -0.2) is 0 Å². The maximum atomic E-state index is 4.09. The van der Waals surface area contributed by atoms with E-state index in [0.29, 0.717) is 0 Å². The summed E-state index contributed by atoms with van der Waals surface area (Å²) < 4.78 is 1.24. The van der Waals surface area contributed by atoms with Gasteiger partial charge in [-0.1, -0.05) is 20.8 Å². The summed E-state index contributed by atoms with van der Waals surface area (Å²) in [7, 11) is 0. The van der Waals surface area contributed by atoms with Gasteiger partial charge < -0.3 is 11.9 Å². The molecule has 0 aliphatic rings. The molecule has 1 nitrogen and oxygen atoms in total. The Hall–Kier alpha value is -1.04. The molecule has 0 spiro atoms. The molecule has 0 radical (unpaired) electrons. The molecule has 84 valence electrons. The van der Waals surface area contributed by atoms with Crippen LogP contribution in [-0.2, 0) is 0 Å². The Morgan fingerprint density at radius 3 is 1.29 bits per heavy atom. The van der Waals surface area contributed by atoms with Crippen molar-refractivity contribution in [2.24, 2.45) is 0 Å². The topological polar surface area (TPSA) is 0 Å². The molecular weight excluding hydrogens is 425 g/mol. The van der Waals surface area contributed by atoms with Gasteiger partial charge in [-0.2, -0.15) is 0 Å². The molecule has 0 aromatic heterocycles. The predicted octanol–water partition coefficient (Wildman–Crippen LogP) is 3.32. The van der Waals surface area contributed by atoms with Gasteiger partial charge in [-0.15, -0.1) is 0 Å². The average Bonchev–Trinajstić information content (AvgIpc) is 2.06. The third-order valence-corrected chi connectivity index (χ3v) is 2.57. The summed E-state index contributed by atoms with van der Waals surface area (Å²) in [5.74, 6) is 0. The normalized spacial score (nSPS) is 10.3. The first-order valence-electron chi connectivity index (χ1n) is 5.39. The second-order valence-electron chi connectivity index (χ2n) is 3.74. The molecule has 0 unspecified atom stereocenters. The number of rotatable bonds is 7. The minimum absolute atomic E-state index is 0. The summed E-state index contributed by atoms with van der Waals surface area (Å²) in [6, 6.07) is 0. The van der Waals surface area contributed by atoms with E-state index in [2.05, 4.69) is 27.7 Å². The molecule has 0 amide bonds. The van der Waals surface area contributed by atoms with Crippen LogP contribution in [0, 0.1) is 14.4 Å². The van der Waals surface area contributed by atoms with Crippen LogP contribution in [0.1, 0.15) is 40.0 Å². The number of quaternary nitrogens is 1. The molecular formula is C12H28NRf-. The minimum atomic E-state index is 0. The third-order valence-electron chi connectivity index (χ3n) is 2.57. The van der Waals surface area contributed by atoms with Crippen LogP contribution < -0.4 is 0 Å². The summed E-state index contributed by atoms with van der Waals surface area (Å²) in [5, 5.41) is 0. The van der Waals surface area contributed by atoms with Crippen molar-refractivity contribution in [2.45, 2.75) is 40.0 Å². The molecule has 0 aliphatic carbocycles. The molecule has 14 heavy (non-hydrogen) atoms. The predicted molar refractivity (Wildman–Crippen MR) is 62.4 cm³/mol. The van der Waals surface area contributed by atoms with Gasteiger partial charge in [0.1, 0.15) is 0 Å². The molecule has 0 aliphatic heterocycles. The van der Waals surface area contributed by atoms with E-state index in [9.17, 15) is 0 Å². The van der Waals surface area contributed by atoms with E-state index in [0.717, 1.165) is 6.54 Å². The monoisotopic (exact) mass is 453 g/mol. The van der Waals surface area contributed by atoms with Crippen molar-refractivity contribution in [1.29, 1.82) is 0 Å². The van der Waals surface area contributed by atoms with E-state index in [-0.39, 0.29) is 7.43 Å². The van der Waals surface area contributed by atoms with Gasteiger partial charge in [0.2, 0.25) is 0 Å². The van der Waals surface area contributed by atoms with Gasteiger partial charge in [-0.3, -0.25) is 6.92 Å². The quantitative estimate of drug-likeness (QED) is 0.410. The SMILES string of the molecule is [CH2-]C[N+](CCC)(CCC)CCC.[CH3-].[Rf]. The van der Waals surface area contributed by atoms with Crippen LogP contribution in [0.3, 0.4) is 0 Å². The Morgan fingerprint density at radius 1 is 0.857 bits per heavy atom. The van der Waals surface area contributed by atoms with Gasteiger partial charge in [0.25, 0.3) is 0 Å². The van der Waals surface area contributed by atoms with Crippen LogP contribution in [0.5, 0.6) is 0 Å². The van der Waals surface area contributed by atoms with Crippen molar-refractivity contribution >= 4 is 0 Å². The molecule has 0 saturated heterocycles. The van der Waals surface area contributed by atoms with Crippen LogP contribution >= 0.6 is 0 Å². The van der Waals surface area contributed by atoms with Crippen LogP contribution in [-0.4, -0.2) is 30.7 Å². The van der Waals surface area contributed by atoms with E-state index in [1.807, 2.05) is 0 Å². The fraction of sp³-hybridized carbons (Fsp3) is 0.833. The van der Waals surface area contributed by atoms with E-state index in [1.165, 1.54) is 43.4 Å². The first-order valence-corrected chi connectivity index (χ1v) is 5.39. The number of hydrogen-bond donors (Lipinski definition) is 0. The second-order valence-corrected chi connectivity index (χ2v) is 3.74. The summed E-state index contributed by atoms with van der Waals surface area (Å²) in [4.78, 5) is 0. The van der Waals surface area contributed by atoms with Crippen LogP contribution in [0.2, 0.25) is 0 Å².